The molecule has 0 aliphatic rings. The van der Waals surface area contributed by atoms with Crippen LogP contribution in [0.1, 0.15) is 33.3 Å². The maximum absolute atomic E-state index is 5.75. The highest BCUT2D eigenvalue weighted by molar-refractivity contribution is 7.08. The van der Waals surface area contributed by atoms with Gasteiger partial charge in [0.2, 0.25) is 0 Å². The van der Waals surface area contributed by atoms with Gasteiger partial charge in [0.05, 0.1) is 6.61 Å². The monoisotopic (exact) mass is 212 g/mol. The number of thiophene rings is 1. The summed E-state index contributed by atoms with van der Waals surface area (Å²) in [5.41, 5.74) is 1.37. The molecule has 14 heavy (non-hydrogen) atoms. The molecule has 0 spiro atoms. The molecule has 0 fully saturated rings. The minimum absolute atomic E-state index is 0.599. The van der Waals surface area contributed by atoms with Crippen LogP contribution >= 0.6 is 11.3 Å². The summed E-state index contributed by atoms with van der Waals surface area (Å²) >= 11 is 1.73. The molecule has 1 rings (SSSR count). The topological polar surface area (TPSA) is 9.23 Å². The zero-order valence-electron chi connectivity index (χ0n) is 9.54. The van der Waals surface area contributed by atoms with E-state index in [9.17, 15) is 0 Å². The van der Waals surface area contributed by atoms with Gasteiger partial charge in [-0.05, 0) is 23.6 Å². The van der Waals surface area contributed by atoms with Gasteiger partial charge in [-0.25, -0.2) is 0 Å². The molecule has 1 nitrogen and oxygen atoms in total. The molecule has 0 unspecified atom stereocenters. The normalized spacial score (nSPS) is 11.3. The molecule has 0 radical (unpaired) electrons. The van der Waals surface area contributed by atoms with Gasteiger partial charge < -0.3 is 4.74 Å². The molecule has 0 saturated heterocycles. The van der Waals surface area contributed by atoms with E-state index in [1.165, 1.54) is 5.56 Å². The zero-order chi connectivity index (χ0) is 10.6. The molecule has 0 saturated carbocycles. The summed E-state index contributed by atoms with van der Waals surface area (Å²) in [5.74, 6) is 2.39. The molecule has 1 aromatic rings. The van der Waals surface area contributed by atoms with Crippen LogP contribution in [-0.4, -0.2) is 6.61 Å². The van der Waals surface area contributed by atoms with Crippen LogP contribution in [0.15, 0.2) is 10.8 Å². The van der Waals surface area contributed by atoms with Crippen molar-refractivity contribution in [1.82, 2.24) is 0 Å². The zero-order valence-corrected chi connectivity index (χ0v) is 10.4. The van der Waals surface area contributed by atoms with Crippen LogP contribution in [0.5, 0.6) is 5.75 Å². The van der Waals surface area contributed by atoms with Gasteiger partial charge in [-0.15, -0.1) is 11.3 Å². The fourth-order valence-corrected chi connectivity index (χ4v) is 2.07. The fraction of sp³-hybridized carbons (Fsp3) is 0.667. The molecule has 2 heteroatoms. The smallest absolute Gasteiger partial charge is 0.133 e. The van der Waals surface area contributed by atoms with Crippen LogP contribution in [0.25, 0.3) is 0 Å². The summed E-state index contributed by atoms with van der Waals surface area (Å²) in [7, 11) is 0. The molecule has 0 aromatic carbocycles. The average Bonchev–Trinajstić information content (AvgIpc) is 2.47. The molecule has 1 aromatic heterocycles. The Bertz CT molecular complexity index is 263. The summed E-state index contributed by atoms with van der Waals surface area (Å²) in [5, 5.41) is 4.32. The van der Waals surface area contributed by atoms with Gasteiger partial charge in [-0.3, -0.25) is 0 Å². The van der Waals surface area contributed by atoms with Gasteiger partial charge in [0.25, 0.3) is 0 Å². The first-order chi connectivity index (χ1) is 6.59. The Balaban J connectivity index is 2.53. The van der Waals surface area contributed by atoms with Gasteiger partial charge in [0, 0.05) is 10.9 Å². The fourth-order valence-electron chi connectivity index (χ4n) is 1.28. The van der Waals surface area contributed by atoms with E-state index < -0.39 is 0 Å². The largest absolute Gasteiger partial charge is 0.492 e. The van der Waals surface area contributed by atoms with Crippen molar-refractivity contribution in [2.75, 3.05) is 6.61 Å². The molecule has 0 N–H and O–H groups in total. The van der Waals surface area contributed by atoms with Crippen molar-refractivity contribution in [3.63, 3.8) is 0 Å². The van der Waals surface area contributed by atoms with Crippen LogP contribution in [0.3, 0.4) is 0 Å². The molecular formula is C12H20OS. The van der Waals surface area contributed by atoms with Gasteiger partial charge >= 0.3 is 0 Å². The Morgan fingerprint density at radius 2 is 1.86 bits per heavy atom. The van der Waals surface area contributed by atoms with E-state index in [1.807, 2.05) is 0 Å². The summed E-state index contributed by atoms with van der Waals surface area (Å²) in [6, 6.07) is 0. The second-order valence-electron chi connectivity index (χ2n) is 4.56. The third-order valence-corrected chi connectivity index (χ3v) is 2.67. The first-order valence-electron chi connectivity index (χ1n) is 5.27. The molecule has 0 aliphatic heterocycles. The van der Waals surface area contributed by atoms with E-state index in [2.05, 4.69) is 38.5 Å². The summed E-state index contributed by atoms with van der Waals surface area (Å²) in [6.07, 6.45) is 1.12. The summed E-state index contributed by atoms with van der Waals surface area (Å²) in [4.78, 5) is 0. The van der Waals surface area contributed by atoms with E-state index in [4.69, 9.17) is 4.74 Å². The average molecular weight is 212 g/mol. The molecule has 1 heterocycles. The Morgan fingerprint density at radius 1 is 1.14 bits per heavy atom. The molecule has 0 aliphatic carbocycles. The Kier molecular flexibility index (Phi) is 4.46. The van der Waals surface area contributed by atoms with Crippen molar-refractivity contribution in [2.45, 2.75) is 34.1 Å². The number of ether oxygens (including phenoxy) is 1. The second kappa shape index (κ2) is 5.40. The molecule has 0 amide bonds. The van der Waals surface area contributed by atoms with Crippen molar-refractivity contribution in [1.29, 1.82) is 0 Å². The lowest BCUT2D eigenvalue weighted by Crippen LogP contribution is -2.05. The minimum atomic E-state index is 0.599. The minimum Gasteiger partial charge on any atom is -0.492 e. The first kappa shape index (κ1) is 11.6. The lowest BCUT2D eigenvalue weighted by molar-refractivity contribution is 0.269. The number of rotatable bonds is 5. The summed E-state index contributed by atoms with van der Waals surface area (Å²) in [6.45, 7) is 9.65. The number of hydrogen-bond acceptors (Lipinski definition) is 2. The lowest BCUT2D eigenvalue weighted by atomic mass is 10.1. The van der Waals surface area contributed by atoms with Crippen molar-refractivity contribution in [2.24, 2.45) is 11.8 Å². The van der Waals surface area contributed by atoms with Crippen LogP contribution in [0, 0.1) is 11.8 Å². The van der Waals surface area contributed by atoms with Crippen molar-refractivity contribution in [3.05, 3.63) is 16.3 Å². The highest BCUT2D eigenvalue weighted by Gasteiger charge is 2.07. The highest BCUT2D eigenvalue weighted by atomic mass is 32.1. The quantitative estimate of drug-likeness (QED) is 0.717. The standard InChI is InChI=1S/C12H20OS/c1-9(2)5-11-7-14-8-12(11)13-6-10(3)4/h7-10H,5-6H2,1-4H3. The van der Waals surface area contributed by atoms with E-state index >= 15 is 0 Å². The van der Waals surface area contributed by atoms with Crippen LogP contribution < -0.4 is 4.74 Å². The maximum Gasteiger partial charge on any atom is 0.133 e. The maximum atomic E-state index is 5.75. The van der Waals surface area contributed by atoms with Crippen molar-refractivity contribution < 1.29 is 4.74 Å². The van der Waals surface area contributed by atoms with E-state index in [0.717, 1.165) is 18.8 Å². The lowest BCUT2D eigenvalue weighted by Gasteiger charge is -2.10. The van der Waals surface area contributed by atoms with Gasteiger partial charge in [-0.1, -0.05) is 27.7 Å². The third-order valence-electron chi connectivity index (χ3n) is 1.90. The van der Waals surface area contributed by atoms with Crippen LogP contribution in [-0.2, 0) is 6.42 Å². The SMILES string of the molecule is CC(C)COc1cscc1CC(C)C. The highest BCUT2D eigenvalue weighted by Crippen LogP contribution is 2.26. The summed E-state index contributed by atoms with van der Waals surface area (Å²) < 4.78 is 5.75. The van der Waals surface area contributed by atoms with Gasteiger partial charge in [0.1, 0.15) is 5.75 Å². The first-order valence-corrected chi connectivity index (χ1v) is 6.21. The molecule has 0 bridgehead atoms. The van der Waals surface area contributed by atoms with Gasteiger partial charge in [-0.2, -0.15) is 0 Å². The van der Waals surface area contributed by atoms with Gasteiger partial charge in [0.15, 0.2) is 0 Å². The Morgan fingerprint density at radius 3 is 2.43 bits per heavy atom. The molecule has 80 valence electrons. The van der Waals surface area contributed by atoms with E-state index in [1.54, 1.807) is 11.3 Å². The van der Waals surface area contributed by atoms with E-state index in [0.29, 0.717) is 11.8 Å². The predicted molar refractivity (Wildman–Crippen MR) is 63.2 cm³/mol. The van der Waals surface area contributed by atoms with Crippen molar-refractivity contribution in [3.8, 4) is 5.75 Å². The Labute approximate surface area is 91.1 Å². The van der Waals surface area contributed by atoms with E-state index in [-0.39, 0.29) is 0 Å². The third kappa shape index (κ3) is 3.70. The second-order valence-corrected chi connectivity index (χ2v) is 5.31. The Hall–Kier alpha value is -0.500. The predicted octanol–water partition coefficient (Wildman–Crippen LogP) is 3.98. The van der Waals surface area contributed by atoms with Crippen molar-refractivity contribution >= 4 is 11.3 Å². The molecular weight excluding hydrogens is 192 g/mol. The number of hydrogen-bond donors (Lipinski definition) is 0. The molecule has 0 atom stereocenters. The van der Waals surface area contributed by atoms with Crippen LogP contribution in [0.2, 0.25) is 0 Å². The van der Waals surface area contributed by atoms with Crippen LogP contribution in [0.4, 0.5) is 0 Å².